The fourth-order valence-corrected chi connectivity index (χ4v) is 3.65. The quantitative estimate of drug-likeness (QED) is 0.616. The van der Waals surface area contributed by atoms with Crippen molar-refractivity contribution in [1.82, 2.24) is 19.8 Å². The molecule has 7 heteroatoms. The Kier molecular flexibility index (Phi) is 6.77. The predicted molar refractivity (Wildman–Crippen MR) is 121 cm³/mol. The van der Waals surface area contributed by atoms with Crippen molar-refractivity contribution in [3.05, 3.63) is 69.7 Å². The molecule has 0 saturated carbocycles. The molecule has 3 aromatic rings. The maximum absolute atomic E-state index is 13.5. The highest BCUT2D eigenvalue weighted by atomic mass is 35.5. The molecule has 0 fully saturated rings. The van der Waals surface area contributed by atoms with Crippen LogP contribution in [0, 0.1) is 5.92 Å². The number of nitrogens with one attached hydrogen (secondary N) is 1. The summed E-state index contributed by atoms with van der Waals surface area (Å²) in [7, 11) is 0. The van der Waals surface area contributed by atoms with Gasteiger partial charge in [-0.05, 0) is 50.1 Å². The number of halogens is 1. The number of fused-ring (bicyclic) bond motifs is 1. The number of amides is 2. The van der Waals surface area contributed by atoms with Crippen LogP contribution in [0.2, 0.25) is 5.02 Å². The van der Waals surface area contributed by atoms with Crippen LogP contribution in [0.5, 0.6) is 0 Å². The Hall–Kier alpha value is -2.86. The van der Waals surface area contributed by atoms with E-state index >= 15 is 0 Å². The fourth-order valence-electron chi connectivity index (χ4n) is 3.49. The number of aromatic nitrogens is 2. The van der Waals surface area contributed by atoms with Gasteiger partial charge in [-0.1, -0.05) is 43.6 Å². The molecule has 3 rings (SSSR count). The second-order valence-electron chi connectivity index (χ2n) is 7.67. The van der Waals surface area contributed by atoms with Crippen LogP contribution in [-0.4, -0.2) is 33.6 Å². The lowest BCUT2D eigenvalue weighted by Crippen LogP contribution is -2.44. The number of para-hydroxylation sites is 1. The average Bonchev–Trinajstić information content (AvgIpc) is 2.71. The molecule has 1 aromatic heterocycles. The van der Waals surface area contributed by atoms with Gasteiger partial charge in [-0.15, -0.1) is 0 Å². The van der Waals surface area contributed by atoms with E-state index in [0.717, 1.165) is 0 Å². The number of nitrogens with zero attached hydrogens (tertiary/aromatic N) is 3. The first-order valence-electron chi connectivity index (χ1n) is 10.2. The van der Waals surface area contributed by atoms with Gasteiger partial charge >= 0.3 is 6.03 Å². The fraction of sp³-hybridized carbons (Fsp3) is 0.348. The summed E-state index contributed by atoms with van der Waals surface area (Å²) >= 11 is 6.16. The van der Waals surface area contributed by atoms with Gasteiger partial charge in [0.2, 0.25) is 0 Å². The molecule has 0 spiro atoms. The van der Waals surface area contributed by atoms with Crippen molar-refractivity contribution in [3.8, 4) is 5.69 Å². The minimum Gasteiger partial charge on any atom is -0.338 e. The summed E-state index contributed by atoms with van der Waals surface area (Å²) in [6, 6.07) is 13.8. The van der Waals surface area contributed by atoms with Crippen molar-refractivity contribution >= 4 is 28.5 Å². The summed E-state index contributed by atoms with van der Waals surface area (Å²) in [6.45, 7) is 8.94. The molecule has 0 radical (unpaired) electrons. The van der Waals surface area contributed by atoms with Crippen LogP contribution in [0.3, 0.4) is 0 Å². The number of carbonyl (C=O) groups excluding carboxylic acids is 1. The molecule has 0 bridgehead atoms. The zero-order valence-corrected chi connectivity index (χ0v) is 18.5. The van der Waals surface area contributed by atoms with Crippen molar-refractivity contribution in [2.45, 2.75) is 33.7 Å². The van der Waals surface area contributed by atoms with Crippen LogP contribution in [0.1, 0.15) is 39.6 Å². The Morgan fingerprint density at radius 3 is 2.50 bits per heavy atom. The molecule has 0 aliphatic heterocycles. The van der Waals surface area contributed by atoms with Gasteiger partial charge in [-0.3, -0.25) is 9.36 Å². The van der Waals surface area contributed by atoms with Gasteiger partial charge in [0.05, 0.1) is 22.6 Å². The molecule has 158 valence electrons. The second-order valence-corrected chi connectivity index (χ2v) is 8.10. The summed E-state index contributed by atoms with van der Waals surface area (Å²) in [5, 5.41) is 3.86. The van der Waals surface area contributed by atoms with E-state index in [0.29, 0.717) is 40.5 Å². The molecule has 30 heavy (non-hydrogen) atoms. The molecular weight excluding hydrogens is 400 g/mol. The topological polar surface area (TPSA) is 67.2 Å². The number of hydrogen-bond donors (Lipinski definition) is 1. The molecule has 6 nitrogen and oxygen atoms in total. The average molecular weight is 427 g/mol. The largest absolute Gasteiger partial charge is 0.338 e. The first-order valence-corrected chi connectivity index (χ1v) is 10.5. The van der Waals surface area contributed by atoms with Gasteiger partial charge in [0.1, 0.15) is 5.82 Å². The summed E-state index contributed by atoms with van der Waals surface area (Å²) < 4.78 is 1.59. The monoisotopic (exact) mass is 426 g/mol. The van der Waals surface area contributed by atoms with Gasteiger partial charge in [0, 0.05) is 18.1 Å². The van der Waals surface area contributed by atoms with E-state index in [-0.39, 0.29) is 17.5 Å². The predicted octanol–water partition coefficient (Wildman–Crippen LogP) is 4.79. The molecule has 1 N–H and O–H groups in total. The number of hydrogen-bond acceptors (Lipinski definition) is 3. The Bertz CT molecular complexity index is 1100. The first-order chi connectivity index (χ1) is 14.3. The number of rotatable bonds is 6. The summed E-state index contributed by atoms with van der Waals surface area (Å²) in [5.74, 6) is 0.745. The lowest BCUT2D eigenvalue weighted by molar-refractivity contribution is 0.167. The molecule has 1 atom stereocenters. The summed E-state index contributed by atoms with van der Waals surface area (Å²) in [4.78, 5) is 32.8. The standard InChI is InChI=1S/C23H27ClN4O2/c1-5-25-23(30)27(14-15(2)3)16(4)21-26-20-13-17(24)11-12-19(20)22(29)28(21)18-9-7-6-8-10-18/h6-13,15-16H,5,14H2,1-4H3,(H,25,30). The highest BCUT2D eigenvalue weighted by molar-refractivity contribution is 6.31. The Morgan fingerprint density at radius 1 is 1.17 bits per heavy atom. The van der Waals surface area contributed by atoms with Crippen LogP contribution in [-0.2, 0) is 0 Å². The van der Waals surface area contributed by atoms with Crippen molar-refractivity contribution < 1.29 is 4.79 Å². The molecule has 1 heterocycles. The van der Waals surface area contributed by atoms with Gasteiger partial charge in [0.25, 0.3) is 5.56 Å². The highest BCUT2D eigenvalue weighted by Gasteiger charge is 2.27. The van der Waals surface area contributed by atoms with Gasteiger partial charge in [-0.25, -0.2) is 9.78 Å². The first kappa shape index (κ1) is 21.8. The smallest absolute Gasteiger partial charge is 0.318 e. The maximum Gasteiger partial charge on any atom is 0.318 e. The highest BCUT2D eigenvalue weighted by Crippen LogP contribution is 2.25. The van der Waals surface area contributed by atoms with Gasteiger partial charge in [0.15, 0.2) is 0 Å². The zero-order chi connectivity index (χ0) is 21.8. The SMILES string of the molecule is CCNC(=O)N(CC(C)C)C(C)c1nc2cc(Cl)ccc2c(=O)n1-c1ccccc1. The van der Waals surface area contributed by atoms with Crippen molar-refractivity contribution in [1.29, 1.82) is 0 Å². The Morgan fingerprint density at radius 2 is 1.87 bits per heavy atom. The minimum atomic E-state index is -0.435. The summed E-state index contributed by atoms with van der Waals surface area (Å²) in [6.07, 6.45) is 0. The van der Waals surface area contributed by atoms with Gasteiger partial charge in [-0.2, -0.15) is 0 Å². The zero-order valence-electron chi connectivity index (χ0n) is 17.7. The van der Waals surface area contributed by atoms with E-state index in [4.69, 9.17) is 16.6 Å². The van der Waals surface area contributed by atoms with Crippen LogP contribution in [0.4, 0.5) is 4.79 Å². The third-order valence-corrected chi connectivity index (χ3v) is 5.10. The molecule has 2 aromatic carbocycles. The van der Waals surface area contributed by atoms with Crippen LogP contribution >= 0.6 is 11.6 Å². The van der Waals surface area contributed by atoms with Crippen LogP contribution in [0.25, 0.3) is 16.6 Å². The van der Waals surface area contributed by atoms with Crippen molar-refractivity contribution in [2.75, 3.05) is 13.1 Å². The van der Waals surface area contributed by atoms with E-state index in [9.17, 15) is 9.59 Å². The second kappa shape index (κ2) is 9.30. The molecule has 0 aliphatic rings. The van der Waals surface area contributed by atoms with E-state index in [1.807, 2.05) is 44.2 Å². The third kappa shape index (κ3) is 4.49. The van der Waals surface area contributed by atoms with E-state index in [1.54, 1.807) is 27.7 Å². The molecule has 1 unspecified atom stereocenters. The molecule has 0 saturated heterocycles. The number of urea groups is 1. The Labute approximate surface area is 181 Å². The van der Waals surface area contributed by atoms with Crippen LogP contribution < -0.4 is 10.9 Å². The molecule has 0 aliphatic carbocycles. The Balaban J connectivity index is 2.26. The lowest BCUT2D eigenvalue weighted by atomic mass is 10.1. The molecule has 2 amide bonds. The van der Waals surface area contributed by atoms with Crippen molar-refractivity contribution in [3.63, 3.8) is 0 Å². The number of benzene rings is 2. The third-order valence-electron chi connectivity index (χ3n) is 4.86. The normalized spacial score (nSPS) is 12.2. The minimum absolute atomic E-state index is 0.182. The van der Waals surface area contributed by atoms with Crippen molar-refractivity contribution in [2.24, 2.45) is 5.92 Å². The number of carbonyl (C=O) groups is 1. The molecular formula is C23H27ClN4O2. The van der Waals surface area contributed by atoms with E-state index < -0.39 is 6.04 Å². The van der Waals surface area contributed by atoms with E-state index in [2.05, 4.69) is 19.2 Å². The van der Waals surface area contributed by atoms with Crippen LogP contribution in [0.15, 0.2) is 53.3 Å². The van der Waals surface area contributed by atoms with E-state index in [1.165, 1.54) is 0 Å². The maximum atomic E-state index is 13.5. The van der Waals surface area contributed by atoms with Gasteiger partial charge < -0.3 is 10.2 Å². The summed E-state index contributed by atoms with van der Waals surface area (Å²) in [5.41, 5.74) is 1.03. The lowest BCUT2D eigenvalue weighted by Gasteiger charge is -2.31.